The van der Waals surface area contributed by atoms with Crippen LogP contribution >= 0.6 is 11.3 Å². The predicted octanol–water partition coefficient (Wildman–Crippen LogP) is 4.35. The van der Waals surface area contributed by atoms with E-state index in [1.165, 1.54) is 10.4 Å². The average Bonchev–Trinajstić information content (AvgIpc) is 3.22. The number of hydrogen-bond acceptors (Lipinski definition) is 7. The number of aliphatic hydroxyl groups is 1. The number of thiophene rings is 1. The number of carbonyl (C=O) groups excluding carboxylic acids is 1. The first-order valence-corrected chi connectivity index (χ1v) is 11.8. The SMILES string of the molecule is CC(C)(C)OC(=O)NC1CCC(Nc2ncnc3sc4c(c23)C(CCO)CC4)CC1. The van der Waals surface area contributed by atoms with Gasteiger partial charge < -0.3 is 20.5 Å². The molecule has 0 saturated heterocycles. The van der Waals surface area contributed by atoms with Crippen LogP contribution < -0.4 is 10.6 Å². The fourth-order valence-corrected chi connectivity index (χ4v) is 5.91. The minimum atomic E-state index is -0.476. The number of carbonyl (C=O) groups is 1. The van der Waals surface area contributed by atoms with Crippen molar-refractivity contribution in [3.05, 3.63) is 16.8 Å². The lowest BCUT2D eigenvalue weighted by Crippen LogP contribution is -2.42. The smallest absolute Gasteiger partial charge is 0.407 e. The van der Waals surface area contributed by atoms with Crippen LogP contribution in [0.25, 0.3) is 10.2 Å². The third-order valence-electron chi connectivity index (χ3n) is 6.00. The molecule has 0 radical (unpaired) electrons. The summed E-state index contributed by atoms with van der Waals surface area (Å²) in [5.74, 6) is 1.32. The van der Waals surface area contributed by atoms with Crippen molar-refractivity contribution < 1.29 is 14.6 Å². The van der Waals surface area contributed by atoms with E-state index < -0.39 is 5.60 Å². The average molecular weight is 433 g/mol. The maximum Gasteiger partial charge on any atom is 0.407 e. The number of aliphatic hydroxyl groups excluding tert-OH is 1. The van der Waals surface area contributed by atoms with E-state index in [-0.39, 0.29) is 18.7 Å². The molecular formula is C22H32N4O3S. The summed E-state index contributed by atoms with van der Waals surface area (Å²) in [6.07, 6.45) is 8.06. The number of fused-ring (bicyclic) bond motifs is 3. The highest BCUT2D eigenvalue weighted by molar-refractivity contribution is 7.19. The lowest BCUT2D eigenvalue weighted by Gasteiger charge is -2.31. The van der Waals surface area contributed by atoms with Crippen LogP contribution in [0.2, 0.25) is 0 Å². The number of aromatic nitrogens is 2. The Morgan fingerprint density at radius 1 is 1.20 bits per heavy atom. The zero-order valence-corrected chi connectivity index (χ0v) is 18.8. The van der Waals surface area contributed by atoms with Crippen molar-refractivity contribution in [1.29, 1.82) is 0 Å². The maximum atomic E-state index is 12.0. The van der Waals surface area contributed by atoms with Gasteiger partial charge in [0.2, 0.25) is 0 Å². The fourth-order valence-electron chi connectivity index (χ4n) is 4.67. The van der Waals surface area contributed by atoms with Gasteiger partial charge in [0.05, 0.1) is 5.39 Å². The van der Waals surface area contributed by atoms with Crippen molar-refractivity contribution in [2.45, 2.75) is 89.3 Å². The van der Waals surface area contributed by atoms with Gasteiger partial charge in [-0.3, -0.25) is 0 Å². The van der Waals surface area contributed by atoms with E-state index >= 15 is 0 Å². The van der Waals surface area contributed by atoms with Crippen LogP contribution in [0.3, 0.4) is 0 Å². The van der Waals surface area contributed by atoms with E-state index in [4.69, 9.17) is 4.74 Å². The van der Waals surface area contributed by atoms with E-state index in [1.807, 2.05) is 20.8 Å². The van der Waals surface area contributed by atoms with Gasteiger partial charge in [-0.25, -0.2) is 14.8 Å². The van der Waals surface area contributed by atoms with Crippen LogP contribution in [0, 0.1) is 0 Å². The summed E-state index contributed by atoms with van der Waals surface area (Å²) in [5.41, 5.74) is 0.878. The summed E-state index contributed by atoms with van der Waals surface area (Å²) in [4.78, 5) is 23.6. The molecule has 3 N–H and O–H groups in total. The molecule has 7 nitrogen and oxygen atoms in total. The summed E-state index contributed by atoms with van der Waals surface area (Å²) in [7, 11) is 0. The van der Waals surface area contributed by atoms with Crippen molar-refractivity contribution in [3.8, 4) is 0 Å². The summed E-state index contributed by atoms with van der Waals surface area (Å²) in [6, 6.07) is 0.482. The molecular weight excluding hydrogens is 400 g/mol. The van der Waals surface area contributed by atoms with Gasteiger partial charge in [-0.05, 0) is 77.2 Å². The standard InChI is InChI=1S/C22H32N4O3S/c1-22(2,3)29-21(28)26-15-7-5-14(6-8-15)25-19-18-17-13(10-11-27)4-9-16(17)30-20(18)24-12-23-19/h12-15,27H,4-11H2,1-3H3,(H,26,28)(H,23,24,25). The fraction of sp³-hybridized carbons (Fsp3) is 0.682. The van der Waals surface area contributed by atoms with Gasteiger partial charge in [0.25, 0.3) is 0 Å². The van der Waals surface area contributed by atoms with Crippen molar-refractivity contribution in [1.82, 2.24) is 15.3 Å². The van der Waals surface area contributed by atoms with Gasteiger partial charge in [0, 0.05) is 23.6 Å². The highest BCUT2D eigenvalue weighted by atomic mass is 32.1. The van der Waals surface area contributed by atoms with Crippen LogP contribution in [0.15, 0.2) is 6.33 Å². The van der Waals surface area contributed by atoms with E-state index in [9.17, 15) is 9.90 Å². The number of anilines is 1. The highest BCUT2D eigenvalue weighted by Gasteiger charge is 2.30. The largest absolute Gasteiger partial charge is 0.444 e. The second-order valence-corrected chi connectivity index (χ2v) is 10.5. The normalized spacial score (nSPS) is 23.9. The van der Waals surface area contributed by atoms with Crippen LogP contribution in [-0.2, 0) is 11.2 Å². The number of nitrogens with zero attached hydrogens (tertiary/aromatic N) is 2. The molecule has 164 valence electrons. The van der Waals surface area contributed by atoms with Crippen molar-refractivity contribution in [2.24, 2.45) is 0 Å². The topological polar surface area (TPSA) is 96.4 Å². The molecule has 8 heteroatoms. The van der Waals surface area contributed by atoms with Gasteiger partial charge in [-0.15, -0.1) is 11.3 Å². The van der Waals surface area contributed by atoms with Gasteiger partial charge in [-0.2, -0.15) is 0 Å². The number of hydrogen-bond donors (Lipinski definition) is 3. The second kappa shape index (κ2) is 8.67. The second-order valence-electron chi connectivity index (χ2n) is 9.43. The molecule has 0 aliphatic heterocycles. The molecule has 2 aromatic heterocycles. The monoisotopic (exact) mass is 432 g/mol. The Morgan fingerprint density at radius 3 is 2.63 bits per heavy atom. The predicted molar refractivity (Wildman–Crippen MR) is 119 cm³/mol. The molecule has 0 bridgehead atoms. The lowest BCUT2D eigenvalue weighted by atomic mass is 9.91. The molecule has 30 heavy (non-hydrogen) atoms. The Kier molecular flexibility index (Phi) is 6.16. The van der Waals surface area contributed by atoms with Crippen LogP contribution in [0.5, 0.6) is 0 Å². The van der Waals surface area contributed by atoms with Crippen molar-refractivity contribution in [3.63, 3.8) is 0 Å². The Hall–Kier alpha value is -1.93. The first kappa shape index (κ1) is 21.3. The molecule has 4 rings (SSSR count). The summed E-state index contributed by atoms with van der Waals surface area (Å²) in [5, 5.41) is 17.3. The molecule has 1 unspecified atom stereocenters. The first-order valence-electron chi connectivity index (χ1n) is 11.0. The van der Waals surface area contributed by atoms with Crippen LogP contribution in [0.1, 0.15) is 75.7 Å². The number of alkyl carbamates (subject to hydrolysis) is 1. The number of ether oxygens (including phenoxy) is 1. The third-order valence-corrected chi connectivity index (χ3v) is 7.17. The van der Waals surface area contributed by atoms with E-state index in [1.54, 1.807) is 17.7 Å². The first-order chi connectivity index (χ1) is 14.3. The molecule has 2 aliphatic rings. The molecule has 1 fully saturated rings. The Balaban J connectivity index is 1.41. The summed E-state index contributed by atoms with van der Waals surface area (Å²) >= 11 is 1.77. The van der Waals surface area contributed by atoms with Gasteiger partial charge >= 0.3 is 6.09 Å². The molecule has 1 amide bonds. The number of aryl methyl sites for hydroxylation is 1. The van der Waals surface area contributed by atoms with Gasteiger partial charge in [0.1, 0.15) is 22.6 Å². The van der Waals surface area contributed by atoms with Crippen molar-refractivity contribution in [2.75, 3.05) is 11.9 Å². The molecule has 0 aromatic carbocycles. The van der Waals surface area contributed by atoms with E-state index in [0.29, 0.717) is 12.0 Å². The molecule has 2 aromatic rings. The van der Waals surface area contributed by atoms with Gasteiger partial charge in [0.15, 0.2) is 0 Å². The zero-order valence-electron chi connectivity index (χ0n) is 18.0. The third kappa shape index (κ3) is 4.70. The highest BCUT2D eigenvalue weighted by Crippen LogP contribution is 2.46. The van der Waals surface area contributed by atoms with E-state index in [2.05, 4.69) is 20.6 Å². The number of nitrogens with one attached hydrogen (secondary N) is 2. The Morgan fingerprint density at radius 2 is 1.93 bits per heavy atom. The minimum Gasteiger partial charge on any atom is -0.444 e. The van der Waals surface area contributed by atoms with Gasteiger partial charge in [-0.1, -0.05) is 0 Å². The number of rotatable bonds is 5. The minimum absolute atomic E-state index is 0.155. The lowest BCUT2D eigenvalue weighted by molar-refractivity contribution is 0.0492. The maximum absolute atomic E-state index is 12.0. The quantitative estimate of drug-likeness (QED) is 0.650. The van der Waals surface area contributed by atoms with Crippen LogP contribution in [-0.4, -0.2) is 45.5 Å². The van der Waals surface area contributed by atoms with Crippen molar-refractivity contribution >= 4 is 33.5 Å². The summed E-state index contributed by atoms with van der Waals surface area (Å²) < 4.78 is 5.38. The molecule has 0 spiro atoms. The summed E-state index contributed by atoms with van der Waals surface area (Å²) in [6.45, 7) is 5.85. The zero-order chi connectivity index (χ0) is 21.3. The van der Waals surface area contributed by atoms with Crippen LogP contribution in [0.4, 0.5) is 10.6 Å². The molecule has 1 atom stereocenters. The van der Waals surface area contributed by atoms with E-state index in [0.717, 1.165) is 61.0 Å². The molecule has 2 aliphatic carbocycles. The Labute approximate surface area is 181 Å². The number of amides is 1. The Bertz CT molecular complexity index is 900. The molecule has 2 heterocycles. The molecule has 1 saturated carbocycles.